The summed E-state index contributed by atoms with van der Waals surface area (Å²) >= 11 is 0. The lowest BCUT2D eigenvalue weighted by Crippen LogP contribution is -2.27. The summed E-state index contributed by atoms with van der Waals surface area (Å²) in [5.41, 5.74) is 1.16. The van der Waals surface area contributed by atoms with Crippen molar-refractivity contribution >= 4 is 0 Å². The van der Waals surface area contributed by atoms with Crippen LogP contribution in [0.4, 0.5) is 0 Å². The van der Waals surface area contributed by atoms with Gasteiger partial charge >= 0.3 is 0 Å². The lowest BCUT2D eigenvalue weighted by atomic mass is 9.94. The zero-order chi connectivity index (χ0) is 12.7. The molecule has 0 saturated carbocycles. The Morgan fingerprint density at radius 3 is 2.53 bits per heavy atom. The normalized spacial score (nSPS) is 16.2. The number of ether oxygens (including phenoxy) is 1. The van der Waals surface area contributed by atoms with Crippen LogP contribution in [-0.4, -0.2) is 17.8 Å². The van der Waals surface area contributed by atoms with E-state index in [2.05, 4.69) is 6.58 Å². The highest BCUT2D eigenvalue weighted by Gasteiger charge is 2.18. The van der Waals surface area contributed by atoms with Gasteiger partial charge in [-0.05, 0) is 5.56 Å². The number of benzene rings is 1. The predicted molar refractivity (Wildman–Crippen MR) is 70.6 cm³/mol. The number of hydrogen-bond acceptors (Lipinski definition) is 2. The van der Waals surface area contributed by atoms with Gasteiger partial charge in [0.2, 0.25) is 0 Å². The van der Waals surface area contributed by atoms with Crippen molar-refractivity contribution in [3.63, 3.8) is 0 Å². The van der Waals surface area contributed by atoms with Gasteiger partial charge in [-0.3, -0.25) is 0 Å². The molecule has 1 rings (SSSR count). The van der Waals surface area contributed by atoms with Crippen molar-refractivity contribution in [2.75, 3.05) is 6.61 Å². The first-order valence-corrected chi connectivity index (χ1v) is 6.07. The Labute approximate surface area is 104 Å². The molecule has 0 amide bonds. The standard InChI is InChI=1S/C15H22O2/c1-4-12(2)15(16)13(3)10-17-11-14-8-6-5-7-9-14/h4-9,12-13,15-16H,1,10-11H2,2-3H3/t12-,13-,15+/m0/s1. The molecule has 0 spiro atoms. The largest absolute Gasteiger partial charge is 0.392 e. The van der Waals surface area contributed by atoms with E-state index < -0.39 is 0 Å². The van der Waals surface area contributed by atoms with Crippen LogP contribution in [0.5, 0.6) is 0 Å². The monoisotopic (exact) mass is 234 g/mol. The molecule has 17 heavy (non-hydrogen) atoms. The third kappa shape index (κ3) is 4.72. The van der Waals surface area contributed by atoms with Gasteiger partial charge in [0, 0.05) is 11.8 Å². The number of aliphatic hydroxyl groups is 1. The Kier molecular flexibility index (Phi) is 5.95. The fraction of sp³-hybridized carbons (Fsp3) is 0.467. The first-order valence-electron chi connectivity index (χ1n) is 6.07. The van der Waals surface area contributed by atoms with Gasteiger partial charge < -0.3 is 9.84 Å². The Balaban J connectivity index is 2.29. The number of aliphatic hydroxyl groups excluding tert-OH is 1. The Morgan fingerprint density at radius 2 is 1.94 bits per heavy atom. The quantitative estimate of drug-likeness (QED) is 0.735. The minimum atomic E-state index is -0.386. The van der Waals surface area contributed by atoms with Crippen molar-refractivity contribution in [3.8, 4) is 0 Å². The van der Waals surface area contributed by atoms with Gasteiger partial charge in [0.25, 0.3) is 0 Å². The maximum atomic E-state index is 9.93. The van der Waals surface area contributed by atoms with Crippen molar-refractivity contribution in [2.45, 2.75) is 26.6 Å². The van der Waals surface area contributed by atoms with Gasteiger partial charge in [0.15, 0.2) is 0 Å². The van der Waals surface area contributed by atoms with Gasteiger partial charge in [-0.2, -0.15) is 0 Å². The summed E-state index contributed by atoms with van der Waals surface area (Å²) in [6.45, 7) is 8.81. The molecule has 1 aromatic carbocycles. The molecule has 0 unspecified atom stereocenters. The van der Waals surface area contributed by atoms with Crippen LogP contribution >= 0.6 is 0 Å². The molecule has 0 saturated heterocycles. The molecule has 0 aromatic heterocycles. The van der Waals surface area contributed by atoms with Crippen molar-refractivity contribution < 1.29 is 9.84 Å². The molecule has 0 aliphatic rings. The van der Waals surface area contributed by atoms with Crippen LogP contribution in [0.1, 0.15) is 19.4 Å². The van der Waals surface area contributed by atoms with E-state index >= 15 is 0 Å². The minimum Gasteiger partial charge on any atom is -0.392 e. The maximum Gasteiger partial charge on any atom is 0.0717 e. The Hall–Kier alpha value is -1.12. The van der Waals surface area contributed by atoms with E-state index in [9.17, 15) is 5.11 Å². The van der Waals surface area contributed by atoms with Gasteiger partial charge in [-0.1, -0.05) is 50.3 Å². The Bertz CT molecular complexity index is 321. The van der Waals surface area contributed by atoms with E-state index in [1.807, 2.05) is 44.2 Å². The average molecular weight is 234 g/mol. The van der Waals surface area contributed by atoms with E-state index in [1.165, 1.54) is 0 Å². The zero-order valence-electron chi connectivity index (χ0n) is 10.7. The minimum absolute atomic E-state index is 0.102. The lowest BCUT2D eigenvalue weighted by Gasteiger charge is -2.22. The van der Waals surface area contributed by atoms with Gasteiger partial charge in [0.1, 0.15) is 0 Å². The molecule has 1 aromatic rings. The second-order valence-corrected chi connectivity index (χ2v) is 4.56. The third-order valence-electron chi connectivity index (χ3n) is 2.99. The highest BCUT2D eigenvalue weighted by Crippen LogP contribution is 2.14. The van der Waals surface area contributed by atoms with E-state index in [0.29, 0.717) is 13.2 Å². The maximum absolute atomic E-state index is 9.93. The molecular weight excluding hydrogens is 212 g/mol. The molecule has 2 heteroatoms. The molecule has 3 atom stereocenters. The lowest BCUT2D eigenvalue weighted by molar-refractivity contribution is 0.0134. The second-order valence-electron chi connectivity index (χ2n) is 4.56. The first kappa shape index (κ1) is 13.9. The SMILES string of the molecule is C=C[C@H](C)[C@@H](O)[C@@H](C)COCc1ccccc1. The molecule has 0 fully saturated rings. The van der Waals surface area contributed by atoms with Crippen LogP contribution in [-0.2, 0) is 11.3 Å². The molecule has 2 nitrogen and oxygen atoms in total. The summed E-state index contributed by atoms with van der Waals surface area (Å²) in [4.78, 5) is 0. The molecule has 0 aliphatic heterocycles. The first-order chi connectivity index (χ1) is 8.15. The fourth-order valence-electron chi connectivity index (χ4n) is 1.69. The fourth-order valence-corrected chi connectivity index (χ4v) is 1.69. The van der Waals surface area contributed by atoms with Crippen LogP contribution in [0, 0.1) is 11.8 Å². The van der Waals surface area contributed by atoms with E-state index in [4.69, 9.17) is 4.74 Å². The molecule has 1 N–H and O–H groups in total. The topological polar surface area (TPSA) is 29.5 Å². The van der Waals surface area contributed by atoms with Crippen LogP contribution in [0.2, 0.25) is 0 Å². The zero-order valence-corrected chi connectivity index (χ0v) is 10.7. The van der Waals surface area contributed by atoms with Crippen molar-refractivity contribution in [1.82, 2.24) is 0 Å². The van der Waals surface area contributed by atoms with Crippen LogP contribution < -0.4 is 0 Å². The van der Waals surface area contributed by atoms with Crippen molar-refractivity contribution in [1.29, 1.82) is 0 Å². The molecular formula is C15H22O2. The predicted octanol–water partition coefficient (Wildman–Crippen LogP) is 3.02. The van der Waals surface area contributed by atoms with E-state index in [0.717, 1.165) is 5.56 Å². The van der Waals surface area contributed by atoms with Gasteiger partial charge in [-0.25, -0.2) is 0 Å². The van der Waals surface area contributed by atoms with E-state index in [1.54, 1.807) is 6.08 Å². The van der Waals surface area contributed by atoms with Crippen LogP contribution in [0.15, 0.2) is 43.0 Å². The van der Waals surface area contributed by atoms with E-state index in [-0.39, 0.29) is 17.9 Å². The Morgan fingerprint density at radius 1 is 1.29 bits per heavy atom. The van der Waals surface area contributed by atoms with Gasteiger partial charge in [0.05, 0.1) is 19.3 Å². The summed E-state index contributed by atoms with van der Waals surface area (Å²) in [5, 5.41) is 9.93. The average Bonchev–Trinajstić information content (AvgIpc) is 2.38. The van der Waals surface area contributed by atoms with Crippen LogP contribution in [0.3, 0.4) is 0 Å². The van der Waals surface area contributed by atoms with Gasteiger partial charge in [-0.15, -0.1) is 6.58 Å². The smallest absolute Gasteiger partial charge is 0.0717 e. The molecule has 0 bridgehead atoms. The third-order valence-corrected chi connectivity index (χ3v) is 2.99. The summed E-state index contributed by atoms with van der Waals surface area (Å²) < 4.78 is 5.60. The van der Waals surface area contributed by atoms with Crippen molar-refractivity contribution in [2.24, 2.45) is 11.8 Å². The van der Waals surface area contributed by atoms with Crippen LogP contribution in [0.25, 0.3) is 0 Å². The molecule has 0 radical (unpaired) electrons. The summed E-state index contributed by atoms with van der Waals surface area (Å²) in [7, 11) is 0. The highest BCUT2D eigenvalue weighted by molar-refractivity contribution is 5.13. The molecule has 0 heterocycles. The highest BCUT2D eigenvalue weighted by atomic mass is 16.5. The summed E-state index contributed by atoms with van der Waals surface area (Å²) in [6, 6.07) is 10.1. The number of rotatable bonds is 7. The molecule has 0 aliphatic carbocycles. The summed E-state index contributed by atoms with van der Waals surface area (Å²) in [6.07, 6.45) is 1.39. The number of hydrogen-bond donors (Lipinski definition) is 1. The summed E-state index contributed by atoms with van der Waals surface area (Å²) in [5.74, 6) is 0.219. The second kappa shape index (κ2) is 7.25. The van der Waals surface area contributed by atoms with Crippen molar-refractivity contribution in [3.05, 3.63) is 48.6 Å². The molecule has 94 valence electrons.